The minimum Gasteiger partial charge on any atom is -0.389 e. The Morgan fingerprint density at radius 3 is 2.42 bits per heavy atom. The monoisotopic (exact) mass is 336 g/mol. The van der Waals surface area contributed by atoms with Gasteiger partial charge in [-0.3, -0.25) is 0 Å². The fraction of sp³-hybridized carbons (Fsp3) is 0.250. The fourth-order valence-electron chi connectivity index (χ4n) is 1.97. The molecule has 0 radical (unpaired) electrons. The van der Waals surface area contributed by atoms with Crippen molar-refractivity contribution in [1.82, 2.24) is 0 Å². The Kier molecular flexibility index (Phi) is 4.71. The SMILES string of the molecule is Cc1ccc(Sc2cc(Br)ccc2C(C)O)c(C)c1. The Morgan fingerprint density at radius 1 is 1.05 bits per heavy atom. The summed E-state index contributed by atoms with van der Waals surface area (Å²) in [6.07, 6.45) is -0.457. The van der Waals surface area contributed by atoms with Crippen molar-refractivity contribution in [3.05, 3.63) is 57.6 Å². The lowest BCUT2D eigenvalue weighted by Gasteiger charge is -2.13. The van der Waals surface area contributed by atoms with Gasteiger partial charge in [-0.1, -0.05) is 51.5 Å². The molecule has 0 aliphatic carbocycles. The molecule has 19 heavy (non-hydrogen) atoms. The van der Waals surface area contributed by atoms with E-state index in [4.69, 9.17) is 0 Å². The van der Waals surface area contributed by atoms with Crippen LogP contribution in [0.4, 0.5) is 0 Å². The predicted molar refractivity (Wildman–Crippen MR) is 84.8 cm³/mol. The molecular weight excluding hydrogens is 320 g/mol. The lowest BCUT2D eigenvalue weighted by molar-refractivity contribution is 0.196. The topological polar surface area (TPSA) is 20.2 Å². The molecule has 0 saturated heterocycles. The van der Waals surface area contributed by atoms with E-state index in [1.54, 1.807) is 18.7 Å². The third-order valence-electron chi connectivity index (χ3n) is 2.98. The van der Waals surface area contributed by atoms with E-state index in [1.807, 2.05) is 12.1 Å². The van der Waals surface area contributed by atoms with Crippen LogP contribution in [0.15, 0.2) is 50.7 Å². The maximum Gasteiger partial charge on any atom is 0.0772 e. The quantitative estimate of drug-likeness (QED) is 0.823. The van der Waals surface area contributed by atoms with E-state index >= 15 is 0 Å². The molecule has 0 amide bonds. The van der Waals surface area contributed by atoms with Crippen molar-refractivity contribution in [2.24, 2.45) is 0 Å². The zero-order valence-corrected chi connectivity index (χ0v) is 13.7. The first-order chi connectivity index (χ1) is 8.97. The molecule has 3 heteroatoms. The van der Waals surface area contributed by atoms with Gasteiger partial charge in [0.2, 0.25) is 0 Å². The van der Waals surface area contributed by atoms with Crippen molar-refractivity contribution in [1.29, 1.82) is 0 Å². The van der Waals surface area contributed by atoms with Gasteiger partial charge in [-0.2, -0.15) is 0 Å². The van der Waals surface area contributed by atoms with Crippen LogP contribution in [-0.2, 0) is 0 Å². The molecule has 1 atom stereocenters. The number of rotatable bonds is 3. The van der Waals surface area contributed by atoms with Gasteiger partial charge < -0.3 is 5.11 Å². The van der Waals surface area contributed by atoms with Crippen LogP contribution in [0, 0.1) is 13.8 Å². The summed E-state index contributed by atoms with van der Waals surface area (Å²) in [7, 11) is 0. The number of hydrogen-bond donors (Lipinski definition) is 1. The van der Waals surface area contributed by atoms with E-state index in [0.717, 1.165) is 14.9 Å². The highest BCUT2D eigenvalue weighted by molar-refractivity contribution is 9.10. The van der Waals surface area contributed by atoms with Gasteiger partial charge in [0, 0.05) is 14.3 Å². The highest BCUT2D eigenvalue weighted by Crippen LogP contribution is 2.36. The number of aliphatic hydroxyl groups excluding tert-OH is 1. The van der Waals surface area contributed by atoms with Crippen molar-refractivity contribution in [2.45, 2.75) is 36.7 Å². The third kappa shape index (κ3) is 3.62. The molecule has 2 aromatic rings. The summed E-state index contributed by atoms with van der Waals surface area (Å²) in [6.45, 7) is 6.02. The second-order valence-electron chi connectivity index (χ2n) is 4.73. The van der Waals surface area contributed by atoms with E-state index in [-0.39, 0.29) is 0 Å². The highest BCUT2D eigenvalue weighted by atomic mass is 79.9. The van der Waals surface area contributed by atoms with Gasteiger partial charge in [-0.15, -0.1) is 0 Å². The molecule has 0 heterocycles. The lowest BCUT2D eigenvalue weighted by atomic mass is 10.1. The first-order valence-corrected chi connectivity index (χ1v) is 7.81. The highest BCUT2D eigenvalue weighted by Gasteiger charge is 2.11. The van der Waals surface area contributed by atoms with Crippen LogP contribution in [0.3, 0.4) is 0 Å². The van der Waals surface area contributed by atoms with Crippen LogP contribution in [-0.4, -0.2) is 5.11 Å². The van der Waals surface area contributed by atoms with Crippen LogP contribution in [0.2, 0.25) is 0 Å². The van der Waals surface area contributed by atoms with Gasteiger partial charge in [0.25, 0.3) is 0 Å². The largest absolute Gasteiger partial charge is 0.389 e. The number of hydrogen-bond acceptors (Lipinski definition) is 2. The Morgan fingerprint density at radius 2 is 1.79 bits per heavy atom. The molecule has 0 spiro atoms. The molecular formula is C16H17BrOS. The molecule has 0 aliphatic heterocycles. The summed E-state index contributed by atoms with van der Waals surface area (Å²) in [5.74, 6) is 0. The first kappa shape index (κ1) is 14.6. The molecule has 0 aromatic heterocycles. The first-order valence-electron chi connectivity index (χ1n) is 6.20. The Hall–Kier alpha value is -0.770. The zero-order chi connectivity index (χ0) is 14.0. The second-order valence-corrected chi connectivity index (χ2v) is 6.73. The van der Waals surface area contributed by atoms with Crippen LogP contribution in [0.5, 0.6) is 0 Å². The zero-order valence-electron chi connectivity index (χ0n) is 11.3. The molecule has 1 unspecified atom stereocenters. The van der Waals surface area contributed by atoms with Crippen LogP contribution in [0.1, 0.15) is 29.7 Å². The van der Waals surface area contributed by atoms with Crippen molar-refractivity contribution in [2.75, 3.05) is 0 Å². The normalized spacial score (nSPS) is 12.5. The van der Waals surface area contributed by atoms with E-state index < -0.39 is 6.10 Å². The number of halogens is 1. The molecule has 2 aromatic carbocycles. The maximum atomic E-state index is 9.86. The van der Waals surface area contributed by atoms with Gasteiger partial charge in [0.05, 0.1) is 6.10 Å². The Balaban J connectivity index is 2.39. The van der Waals surface area contributed by atoms with Gasteiger partial charge >= 0.3 is 0 Å². The summed E-state index contributed by atoms with van der Waals surface area (Å²) in [5.41, 5.74) is 3.50. The van der Waals surface area contributed by atoms with Gasteiger partial charge in [-0.25, -0.2) is 0 Å². The minimum absolute atomic E-state index is 0.457. The fourth-order valence-corrected chi connectivity index (χ4v) is 3.62. The number of benzene rings is 2. The average Bonchev–Trinajstić information content (AvgIpc) is 2.32. The summed E-state index contributed by atoms with van der Waals surface area (Å²) in [4.78, 5) is 2.32. The number of aryl methyl sites for hydroxylation is 2. The summed E-state index contributed by atoms with van der Waals surface area (Å²) < 4.78 is 1.03. The van der Waals surface area contributed by atoms with Crippen LogP contribution >= 0.6 is 27.7 Å². The van der Waals surface area contributed by atoms with Crippen molar-refractivity contribution in [3.8, 4) is 0 Å². The summed E-state index contributed by atoms with van der Waals surface area (Å²) >= 11 is 5.20. The van der Waals surface area contributed by atoms with Crippen molar-refractivity contribution >= 4 is 27.7 Å². The predicted octanol–water partition coefficient (Wildman–Crippen LogP) is 5.27. The van der Waals surface area contributed by atoms with Gasteiger partial charge in [0.15, 0.2) is 0 Å². The lowest BCUT2D eigenvalue weighted by Crippen LogP contribution is -1.94. The van der Waals surface area contributed by atoms with Crippen LogP contribution in [0.25, 0.3) is 0 Å². The van der Waals surface area contributed by atoms with E-state index in [9.17, 15) is 5.11 Å². The molecule has 0 fully saturated rings. The second kappa shape index (κ2) is 6.12. The summed E-state index contributed by atoms with van der Waals surface area (Å²) in [5, 5.41) is 9.86. The van der Waals surface area contributed by atoms with Gasteiger partial charge in [-0.05, 0) is 50.1 Å². The Bertz CT molecular complexity index is 593. The van der Waals surface area contributed by atoms with Gasteiger partial charge in [0.1, 0.15) is 0 Å². The summed E-state index contributed by atoms with van der Waals surface area (Å²) in [6, 6.07) is 12.4. The number of aliphatic hydroxyl groups is 1. The van der Waals surface area contributed by atoms with E-state index in [0.29, 0.717) is 0 Å². The molecule has 0 bridgehead atoms. The molecule has 1 N–H and O–H groups in total. The molecule has 0 aliphatic rings. The third-order valence-corrected chi connectivity index (χ3v) is 4.72. The van der Waals surface area contributed by atoms with Crippen molar-refractivity contribution < 1.29 is 5.11 Å². The van der Waals surface area contributed by atoms with E-state index in [2.05, 4.69) is 54.0 Å². The standard InChI is InChI=1S/C16H17BrOS/c1-10-4-7-15(11(2)8-10)19-16-9-13(17)5-6-14(16)12(3)18/h4-9,12,18H,1-3H3. The maximum absolute atomic E-state index is 9.86. The molecule has 100 valence electrons. The molecule has 1 nitrogen and oxygen atoms in total. The Labute approximate surface area is 127 Å². The van der Waals surface area contributed by atoms with Crippen molar-refractivity contribution in [3.63, 3.8) is 0 Å². The van der Waals surface area contributed by atoms with E-state index in [1.165, 1.54) is 16.0 Å². The average molecular weight is 337 g/mol. The molecule has 2 rings (SSSR count). The smallest absolute Gasteiger partial charge is 0.0772 e. The van der Waals surface area contributed by atoms with Crippen LogP contribution < -0.4 is 0 Å². The minimum atomic E-state index is -0.457. The molecule has 0 saturated carbocycles.